The summed E-state index contributed by atoms with van der Waals surface area (Å²) in [7, 11) is 0. The highest BCUT2D eigenvalue weighted by Crippen LogP contribution is 2.26. The molecule has 0 aromatic heterocycles. The van der Waals surface area contributed by atoms with E-state index in [-0.39, 0.29) is 0 Å². The average molecular weight is 295 g/mol. The highest BCUT2D eigenvalue weighted by atomic mass is 15.2. The molecule has 124 valence electrons. The molecule has 2 rings (SSSR count). The molecule has 0 amide bonds. The summed E-state index contributed by atoms with van der Waals surface area (Å²) in [5.74, 6) is 1.90. The van der Waals surface area contributed by atoms with Crippen molar-refractivity contribution in [2.45, 2.75) is 90.6 Å². The molecule has 2 fully saturated rings. The number of hydrogen-bond acceptors (Lipinski definition) is 2. The molecule has 0 spiro atoms. The van der Waals surface area contributed by atoms with Gasteiger partial charge in [0.25, 0.3) is 0 Å². The standard InChI is InChI=1S/C19H38N2/c1-4-6-9-18-12-19(15-21(14-18)16(3)5-2)20-13-17-10-7-8-11-17/h16-20H,4-15H2,1-3H3. The molecular weight excluding hydrogens is 256 g/mol. The maximum atomic E-state index is 3.94. The van der Waals surface area contributed by atoms with Crippen LogP contribution in [0.4, 0.5) is 0 Å². The van der Waals surface area contributed by atoms with E-state index >= 15 is 0 Å². The molecule has 0 aromatic rings. The molecule has 0 radical (unpaired) electrons. The highest BCUT2D eigenvalue weighted by molar-refractivity contribution is 4.86. The Morgan fingerprint density at radius 2 is 1.86 bits per heavy atom. The number of likely N-dealkylation sites (tertiary alicyclic amines) is 1. The molecule has 3 atom stereocenters. The summed E-state index contributed by atoms with van der Waals surface area (Å²) in [6.45, 7) is 11.0. The van der Waals surface area contributed by atoms with Crippen molar-refractivity contribution in [1.82, 2.24) is 10.2 Å². The second kappa shape index (κ2) is 9.15. The lowest BCUT2D eigenvalue weighted by atomic mass is 9.88. The Bertz CT molecular complexity index is 273. The molecule has 1 saturated carbocycles. The van der Waals surface area contributed by atoms with Crippen LogP contribution in [-0.2, 0) is 0 Å². The van der Waals surface area contributed by atoms with Crippen LogP contribution in [0.3, 0.4) is 0 Å². The third-order valence-electron chi connectivity index (χ3n) is 5.92. The van der Waals surface area contributed by atoms with Gasteiger partial charge in [0.1, 0.15) is 0 Å². The van der Waals surface area contributed by atoms with E-state index in [2.05, 4.69) is 31.0 Å². The fourth-order valence-electron chi connectivity index (χ4n) is 4.26. The molecule has 3 unspecified atom stereocenters. The third-order valence-corrected chi connectivity index (χ3v) is 5.92. The predicted octanol–water partition coefficient (Wildman–Crippen LogP) is 4.45. The topological polar surface area (TPSA) is 15.3 Å². The van der Waals surface area contributed by atoms with Gasteiger partial charge in [-0.25, -0.2) is 0 Å². The highest BCUT2D eigenvalue weighted by Gasteiger charge is 2.29. The van der Waals surface area contributed by atoms with Crippen molar-refractivity contribution in [3.05, 3.63) is 0 Å². The minimum absolute atomic E-state index is 0.746. The fraction of sp³-hybridized carbons (Fsp3) is 1.00. The van der Waals surface area contributed by atoms with Gasteiger partial charge >= 0.3 is 0 Å². The van der Waals surface area contributed by atoms with E-state index in [1.807, 2.05) is 0 Å². The van der Waals surface area contributed by atoms with Gasteiger partial charge in [-0.1, -0.05) is 39.5 Å². The number of unbranched alkanes of at least 4 members (excludes halogenated alkanes) is 1. The predicted molar refractivity (Wildman–Crippen MR) is 92.7 cm³/mol. The molecule has 2 aliphatic rings. The number of hydrogen-bond donors (Lipinski definition) is 1. The largest absolute Gasteiger partial charge is 0.312 e. The van der Waals surface area contributed by atoms with Crippen LogP contribution in [0.25, 0.3) is 0 Å². The van der Waals surface area contributed by atoms with Gasteiger partial charge in [-0.3, -0.25) is 4.90 Å². The lowest BCUT2D eigenvalue weighted by molar-refractivity contribution is 0.0959. The normalized spacial score (nSPS) is 29.9. The summed E-state index contributed by atoms with van der Waals surface area (Å²) >= 11 is 0. The Kier molecular flexibility index (Phi) is 7.53. The first-order valence-corrected chi connectivity index (χ1v) is 9.70. The Balaban J connectivity index is 1.82. The summed E-state index contributed by atoms with van der Waals surface area (Å²) in [5.41, 5.74) is 0. The summed E-state index contributed by atoms with van der Waals surface area (Å²) < 4.78 is 0. The maximum Gasteiger partial charge on any atom is 0.0198 e. The lowest BCUT2D eigenvalue weighted by Gasteiger charge is -2.41. The van der Waals surface area contributed by atoms with Crippen molar-refractivity contribution in [2.24, 2.45) is 11.8 Å². The molecule has 21 heavy (non-hydrogen) atoms. The zero-order chi connectivity index (χ0) is 15.1. The van der Waals surface area contributed by atoms with Crippen molar-refractivity contribution in [1.29, 1.82) is 0 Å². The Morgan fingerprint density at radius 1 is 1.10 bits per heavy atom. The van der Waals surface area contributed by atoms with Gasteiger partial charge in [-0.05, 0) is 57.4 Å². The zero-order valence-corrected chi connectivity index (χ0v) is 14.7. The minimum atomic E-state index is 0.746. The van der Waals surface area contributed by atoms with E-state index in [1.54, 1.807) is 0 Å². The number of piperidine rings is 1. The Labute approximate surface area is 133 Å². The van der Waals surface area contributed by atoms with Gasteiger partial charge in [0.2, 0.25) is 0 Å². The van der Waals surface area contributed by atoms with Crippen LogP contribution in [-0.4, -0.2) is 36.6 Å². The number of nitrogens with one attached hydrogen (secondary N) is 1. The first kappa shape index (κ1) is 17.3. The third kappa shape index (κ3) is 5.56. The lowest BCUT2D eigenvalue weighted by Crippen LogP contribution is -2.52. The number of rotatable bonds is 8. The van der Waals surface area contributed by atoms with E-state index in [0.29, 0.717) is 0 Å². The van der Waals surface area contributed by atoms with Crippen LogP contribution in [0.2, 0.25) is 0 Å². The maximum absolute atomic E-state index is 3.94. The zero-order valence-electron chi connectivity index (χ0n) is 14.7. The van der Waals surface area contributed by atoms with Gasteiger partial charge in [-0.15, -0.1) is 0 Å². The van der Waals surface area contributed by atoms with Crippen LogP contribution < -0.4 is 5.32 Å². The monoisotopic (exact) mass is 294 g/mol. The SMILES string of the molecule is CCCCC1CC(NCC2CCCC2)CN(C(C)CC)C1. The summed E-state index contributed by atoms with van der Waals surface area (Å²) in [5, 5.41) is 3.94. The van der Waals surface area contributed by atoms with Gasteiger partial charge in [-0.2, -0.15) is 0 Å². The summed E-state index contributed by atoms with van der Waals surface area (Å²) in [4.78, 5) is 2.76. The fourth-order valence-corrected chi connectivity index (χ4v) is 4.26. The van der Waals surface area contributed by atoms with Crippen LogP contribution in [0.1, 0.15) is 78.6 Å². The molecule has 0 bridgehead atoms. The van der Waals surface area contributed by atoms with Crippen molar-refractivity contribution in [3.63, 3.8) is 0 Å². The Morgan fingerprint density at radius 3 is 2.52 bits per heavy atom. The van der Waals surface area contributed by atoms with Gasteiger partial charge in [0.15, 0.2) is 0 Å². The first-order chi connectivity index (χ1) is 10.2. The van der Waals surface area contributed by atoms with Gasteiger partial charge < -0.3 is 5.32 Å². The van der Waals surface area contributed by atoms with Gasteiger partial charge in [0.05, 0.1) is 0 Å². The van der Waals surface area contributed by atoms with Crippen LogP contribution in [0.5, 0.6) is 0 Å². The molecule has 1 aliphatic heterocycles. The van der Waals surface area contributed by atoms with Crippen molar-refractivity contribution >= 4 is 0 Å². The van der Waals surface area contributed by atoms with E-state index < -0.39 is 0 Å². The molecule has 1 aliphatic carbocycles. The van der Waals surface area contributed by atoms with Crippen molar-refractivity contribution in [3.8, 4) is 0 Å². The average Bonchev–Trinajstić information content (AvgIpc) is 3.03. The molecule has 1 saturated heterocycles. The van der Waals surface area contributed by atoms with Crippen molar-refractivity contribution < 1.29 is 0 Å². The van der Waals surface area contributed by atoms with Gasteiger partial charge in [0, 0.05) is 25.2 Å². The second-order valence-corrected chi connectivity index (χ2v) is 7.71. The number of nitrogens with zero attached hydrogens (tertiary/aromatic N) is 1. The van der Waals surface area contributed by atoms with E-state index in [9.17, 15) is 0 Å². The van der Waals surface area contributed by atoms with E-state index in [1.165, 1.54) is 77.4 Å². The minimum Gasteiger partial charge on any atom is -0.312 e. The van der Waals surface area contributed by atoms with E-state index in [4.69, 9.17) is 0 Å². The Hall–Kier alpha value is -0.0800. The summed E-state index contributed by atoms with van der Waals surface area (Å²) in [6, 6.07) is 1.50. The second-order valence-electron chi connectivity index (χ2n) is 7.71. The molecule has 0 aromatic carbocycles. The summed E-state index contributed by atoms with van der Waals surface area (Å²) in [6.07, 6.45) is 12.8. The molecule has 1 N–H and O–H groups in total. The van der Waals surface area contributed by atoms with Crippen LogP contribution in [0, 0.1) is 11.8 Å². The molecule has 1 heterocycles. The quantitative estimate of drug-likeness (QED) is 0.711. The van der Waals surface area contributed by atoms with Crippen LogP contribution >= 0.6 is 0 Å². The smallest absolute Gasteiger partial charge is 0.0198 e. The molecule has 2 nitrogen and oxygen atoms in total. The molecule has 2 heteroatoms. The van der Waals surface area contributed by atoms with Crippen molar-refractivity contribution in [2.75, 3.05) is 19.6 Å². The van der Waals surface area contributed by atoms with Crippen LogP contribution in [0.15, 0.2) is 0 Å². The first-order valence-electron chi connectivity index (χ1n) is 9.70. The molecular formula is C19H38N2. The van der Waals surface area contributed by atoms with E-state index in [0.717, 1.165) is 23.9 Å².